The van der Waals surface area contributed by atoms with Crippen molar-refractivity contribution in [2.24, 2.45) is 0 Å². The van der Waals surface area contributed by atoms with Gasteiger partial charge in [-0.25, -0.2) is 4.39 Å². The third kappa shape index (κ3) is 4.65. The molecule has 1 aromatic heterocycles. The zero-order chi connectivity index (χ0) is 20.9. The third-order valence-corrected chi connectivity index (χ3v) is 5.64. The summed E-state index contributed by atoms with van der Waals surface area (Å²) in [5.74, 6) is 0.405. The van der Waals surface area contributed by atoms with Crippen LogP contribution in [0, 0.1) is 5.82 Å². The molecular formula is C22H28FN3O4. The van der Waals surface area contributed by atoms with E-state index in [2.05, 4.69) is 10.1 Å². The first-order valence-corrected chi connectivity index (χ1v) is 10.6. The lowest BCUT2D eigenvalue weighted by atomic mass is 10.1. The van der Waals surface area contributed by atoms with E-state index in [4.69, 9.17) is 14.0 Å². The number of aromatic nitrogens is 1. The van der Waals surface area contributed by atoms with Crippen molar-refractivity contribution in [1.82, 2.24) is 10.1 Å². The van der Waals surface area contributed by atoms with Crippen molar-refractivity contribution < 1.29 is 23.2 Å². The Kier molecular flexibility index (Phi) is 6.64. The van der Waals surface area contributed by atoms with Gasteiger partial charge >= 0.3 is 0 Å². The van der Waals surface area contributed by atoms with Crippen LogP contribution >= 0.6 is 0 Å². The first-order chi connectivity index (χ1) is 14.7. The van der Waals surface area contributed by atoms with Gasteiger partial charge in [0.25, 0.3) is 0 Å². The molecule has 4 rings (SSSR count). The van der Waals surface area contributed by atoms with Gasteiger partial charge in [0.15, 0.2) is 0 Å². The standard InChI is InChI=1S/C22H28FN3O4/c1-2-20(27)26(14-18-4-3-11-29-18)15-19-21(16-5-7-17(23)8-6-16)24-30-22(19)25-9-12-28-13-10-25/h5-8,18H,2-4,9-15H2,1H3/t18-/m0/s1. The maximum absolute atomic E-state index is 13.5. The van der Waals surface area contributed by atoms with Gasteiger partial charge in [0.2, 0.25) is 11.8 Å². The second-order valence-electron chi connectivity index (χ2n) is 7.68. The molecule has 1 aromatic carbocycles. The molecule has 8 heteroatoms. The molecule has 3 heterocycles. The zero-order valence-corrected chi connectivity index (χ0v) is 17.3. The summed E-state index contributed by atoms with van der Waals surface area (Å²) in [4.78, 5) is 16.7. The average molecular weight is 417 g/mol. The molecule has 0 unspecified atom stereocenters. The molecule has 2 aromatic rings. The molecule has 162 valence electrons. The molecule has 30 heavy (non-hydrogen) atoms. The molecule has 0 radical (unpaired) electrons. The quantitative estimate of drug-likeness (QED) is 0.689. The molecule has 2 aliphatic rings. The van der Waals surface area contributed by atoms with E-state index < -0.39 is 0 Å². The van der Waals surface area contributed by atoms with Crippen LogP contribution in [0.1, 0.15) is 31.7 Å². The smallest absolute Gasteiger partial charge is 0.233 e. The minimum absolute atomic E-state index is 0.0569. The molecule has 0 saturated carbocycles. The Hall–Kier alpha value is -2.45. The highest BCUT2D eigenvalue weighted by molar-refractivity contribution is 5.77. The summed E-state index contributed by atoms with van der Waals surface area (Å²) in [6.45, 7) is 6.13. The molecule has 2 aliphatic heterocycles. The van der Waals surface area contributed by atoms with E-state index in [1.54, 1.807) is 12.1 Å². The van der Waals surface area contributed by atoms with Crippen molar-refractivity contribution >= 4 is 11.8 Å². The summed E-state index contributed by atoms with van der Waals surface area (Å²) in [6.07, 6.45) is 2.45. The monoisotopic (exact) mass is 417 g/mol. The predicted molar refractivity (Wildman–Crippen MR) is 110 cm³/mol. The number of halogens is 1. The van der Waals surface area contributed by atoms with Gasteiger partial charge in [0, 0.05) is 38.2 Å². The molecule has 2 fully saturated rings. The number of rotatable bonds is 7. The van der Waals surface area contributed by atoms with Crippen LogP contribution in [0.5, 0.6) is 0 Å². The fraction of sp³-hybridized carbons (Fsp3) is 0.545. The van der Waals surface area contributed by atoms with Gasteiger partial charge in [-0.05, 0) is 37.1 Å². The lowest BCUT2D eigenvalue weighted by Crippen LogP contribution is -2.39. The Morgan fingerprint density at radius 2 is 2.00 bits per heavy atom. The highest BCUT2D eigenvalue weighted by Gasteiger charge is 2.29. The summed E-state index contributed by atoms with van der Waals surface area (Å²) in [5.41, 5.74) is 2.23. The van der Waals surface area contributed by atoms with E-state index in [1.165, 1.54) is 12.1 Å². The van der Waals surface area contributed by atoms with Crippen LogP contribution in [-0.4, -0.2) is 61.5 Å². The van der Waals surface area contributed by atoms with Gasteiger partial charge < -0.3 is 23.8 Å². The Balaban J connectivity index is 1.67. The number of ether oxygens (including phenoxy) is 2. The van der Waals surface area contributed by atoms with Crippen LogP contribution in [-0.2, 0) is 20.8 Å². The molecule has 0 aliphatic carbocycles. The number of hydrogen-bond donors (Lipinski definition) is 0. The van der Waals surface area contributed by atoms with Crippen molar-refractivity contribution in [2.45, 2.75) is 38.8 Å². The fourth-order valence-electron chi connectivity index (χ4n) is 4.00. The second kappa shape index (κ2) is 9.57. The summed E-state index contributed by atoms with van der Waals surface area (Å²) in [5, 5.41) is 4.31. The average Bonchev–Trinajstić information content (AvgIpc) is 3.44. The Morgan fingerprint density at radius 1 is 1.23 bits per heavy atom. The third-order valence-electron chi connectivity index (χ3n) is 5.64. The number of nitrogens with zero attached hydrogens (tertiary/aromatic N) is 3. The Bertz CT molecular complexity index is 843. The molecule has 0 spiro atoms. The lowest BCUT2D eigenvalue weighted by molar-refractivity contribution is -0.133. The van der Waals surface area contributed by atoms with Crippen LogP contribution in [0.15, 0.2) is 28.8 Å². The van der Waals surface area contributed by atoms with Crippen molar-refractivity contribution in [3.05, 3.63) is 35.6 Å². The zero-order valence-electron chi connectivity index (χ0n) is 17.3. The molecule has 2 saturated heterocycles. The van der Waals surface area contributed by atoms with Crippen molar-refractivity contribution in [1.29, 1.82) is 0 Å². The molecule has 1 atom stereocenters. The van der Waals surface area contributed by atoms with E-state index >= 15 is 0 Å². The first-order valence-electron chi connectivity index (χ1n) is 10.6. The van der Waals surface area contributed by atoms with E-state index in [9.17, 15) is 9.18 Å². The van der Waals surface area contributed by atoms with E-state index in [0.29, 0.717) is 57.4 Å². The van der Waals surface area contributed by atoms with E-state index in [0.717, 1.165) is 30.6 Å². The number of morpholine rings is 1. The van der Waals surface area contributed by atoms with Crippen LogP contribution in [0.25, 0.3) is 11.3 Å². The fourth-order valence-corrected chi connectivity index (χ4v) is 4.00. The van der Waals surface area contributed by atoms with E-state index in [1.807, 2.05) is 11.8 Å². The predicted octanol–water partition coefficient (Wildman–Crippen LogP) is 3.23. The number of carbonyl (C=O) groups is 1. The van der Waals surface area contributed by atoms with Crippen LogP contribution in [0.4, 0.5) is 10.3 Å². The second-order valence-corrected chi connectivity index (χ2v) is 7.68. The van der Waals surface area contributed by atoms with E-state index in [-0.39, 0.29) is 17.8 Å². The number of benzene rings is 1. The first kappa shape index (κ1) is 20.8. The summed E-state index contributed by atoms with van der Waals surface area (Å²) in [6, 6.07) is 6.19. The minimum Gasteiger partial charge on any atom is -0.378 e. The van der Waals surface area contributed by atoms with Crippen LogP contribution in [0.3, 0.4) is 0 Å². The van der Waals surface area contributed by atoms with Crippen molar-refractivity contribution in [2.75, 3.05) is 44.4 Å². The van der Waals surface area contributed by atoms with Gasteiger partial charge in [0.1, 0.15) is 11.5 Å². The SMILES string of the molecule is CCC(=O)N(Cc1c(-c2ccc(F)cc2)noc1N1CCOCC1)C[C@@H]1CCCO1. The van der Waals surface area contributed by atoms with Crippen molar-refractivity contribution in [3.8, 4) is 11.3 Å². The topological polar surface area (TPSA) is 68.0 Å². The van der Waals surface area contributed by atoms with Gasteiger partial charge in [-0.2, -0.15) is 0 Å². The molecule has 0 bridgehead atoms. The number of amides is 1. The number of carbonyl (C=O) groups excluding carboxylic acids is 1. The van der Waals surface area contributed by atoms with Gasteiger partial charge in [-0.3, -0.25) is 4.79 Å². The number of hydrogen-bond acceptors (Lipinski definition) is 6. The maximum atomic E-state index is 13.5. The maximum Gasteiger partial charge on any atom is 0.233 e. The van der Waals surface area contributed by atoms with Gasteiger partial charge in [0.05, 0.1) is 31.4 Å². The molecule has 1 amide bonds. The highest BCUT2D eigenvalue weighted by Crippen LogP contribution is 2.33. The minimum atomic E-state index is -0.307. The molecule has 7 nitrogen and oxygen atoms in total. The highest BCUT2D eigenvalue weighted by atomic mass is 19.1. The Labute approximate surface area is 175 Å². The van der Waals surface area contributed by atoms with Gasteiger partial charge in [-0.1, -0.05) is 12.1 Å². The van der Waals surface area contributed by atoms with Gasteiger partial charge in [-0.15, -0.1) is 0 Å². The van der Waals surface area contributed by atoms with Crippen molar-refractivity contribution in [3.63, 3.8) is 0 Å². The Morgan fingerprint density at radius 3 is 2.67 bits per heavy atom. The summed E-state index contributed by atoms with van der Waals surface area (Å²) >= 11 is 0. The van der Waals surface area contributed by atoms with Crippen LogP contribution < -0.4 is 4.90 Å². The normalized spacial score (nSPS) is 19.3. The molecule has 0 N–H and O–H groups in total. The number of anilines is 1. The largest absolute Gasteiger partial charge is 0.378 e. The summed E-state index contributed by atoms with van der Waals surface area (Å²) < 4.78 is 30.5. The lowest BCUT2D eigenvalue weighted by Gasteiger charge is -2.29. The molecular weight excluding hydrogens is 389 g/mol. The summed E-state index contributed by atoms with van der Waals surface area (Å²) in [7, 11) is 0. The van der Waals surface area contributed by atoms with Crippen LogP contribution in [0.2, 0.25) is 0 Å².